The normalized spacial score (nSPS) is 14.6. The van der Waals surface area contributed by atoms with Crippen LogP contribution in [-0.4, -0.2) is 27.8 Å². The van der Waals surface area contributed by atoms with E-state index in [0.29, 0.717) is 18.1 Å². The Bertz CT molecular complexity index is 353. The number of anilines is 1. The molecule has 0 aromatic carbocycles. The van der Waals surface area contributed by atoms with E-state index in [-0.39, 0.29) is 0 Å². The van der Waals surface area contributed by atoms with Gasteiger partial charge in [-0.2, -0.15) is 0 Å². The molecule has 0 saturated carbocycles. The highest BCUT2D eigenvalue weighted by atomic mass is 32.1. The molecule has 1 unspecified atom stereocenters. The van der Waals surface area contributed by atoms with Gasteiger partial charge < -0.3 is 10.4 Å². The topological polar surface area (TPSA) is 75.1 Å². The van der Waals surface area contributed by atoms with E-state index in [0.717, 1.165) is 5.01 Å². The number of carboxylic acids is 1. The number of aliphatic carboxylic acids is 1. The third-order valence-corrected chi connectivity index (χ3v) is 3.25. The Hall–Kier alpha value is -1.17. The Balaban J connectivity index is 2.59. The smallest absolute Gasteiger partial charge is 0.311 e. The first-order valence-corrected chi connectivity index (χ1v) is 5.57. The van der Waals surface area contributed by atoms with E-state index in [4.69, 9.17) is 5.11 Å². The maximum absolute atomic E-state index is 11.0. The Morgan fingerprint density at radius 1 is 1.60 bits per heavy atom. The average Bonchev–Trinajstić information content (AvgIpc) is 2.60. The first-order valence-electron chi connectivity index (χ1n) is 4.75. The fraction of sp³-hybridized carbons (Fsp3) is 0.667. The zero-order valence-electron chi connectivity index (χ0n) is 9.07. The van der Waals surface area contributed by atoms with Crippen LogP contribution in [0.3, 0.4) is 0 Å². The van der Waals surface area contributed by atoms with Gasteiger partial charge in [0.05, 0.1) is 5.41 Å². The minimum Gasteiger partial charge on any atom is -0.481 e. The van der Waals surface area contributed by atoms with Crippen molar-refractivity contribution < 1.29 is 9.90 Å². The molecule has 1 heterocycles. The predicted molar refractivity (Wildman–Crippen MR) is 59.2 cm³/mol. The number of rotatable bonds is 5. The van der Waals surface area contributed by atoms with E-state index >= 15 is 0 Å². The average molecular weight is 229 g/mol. The summed E-state index contributed by atoms with van der Waals surface area (Å²) in [6.07, 6.45) is 0.577. The Kier molecular flexibility index (Phi) is 3.62. The van der Waals surface area contributed by atoms with Crippen LogP contribution in [0.4, 0.5) is 5.13 Å². The van der Waals surface area contributed by atoms with Gasteiger partial charge in [-0.3, -0.25) is 4.79 Å². The lowest BCUT2D eigenvalue weighted by molar-refractivity contribution is -0.147. The first kappa shape index (κ1) is 11.9. The number of hydrogen-bond acceptors (Lipinski definition) is 5. The number of hydrogen-bond donors (Lipinski definition) is 2. The zero-order valence-corrected chi connectivity index (χ0v) is 9.89. The summed E-state index contributed by atoms with van der Waals surface area (Å²) in [5, 5.41) is 21.3. The summed E-state index contributed by atoms with van der Waals surface area (Å²) in [4.78, 5) is 11.0. The molecule has 1 aromatic rings. The zero-order chi connectivity index (χ0) is 11.5. The molecule has 2 N–H and O–H groups in total. The summed E-state index contributed by atoms with van der Waals surface area (Å²) in [6, 6.07) is 0. The van der Waals surface area contributed by atoms with Gasteiger partial charge in [-0.1, -0.05) is 18.3 Å². The van der Waals surface area contributed by atoms with Gasteiger partial charge in [0.25, 0.3) is 0 Å². The van der Waals surface area contributed by atoms with Crippen molar-refractivity contribution in [1.82, 2.24) is 10.2 Å². The van der Waals surface area contributed by atoms with Crippen LogP contribution in [0, 0.1) is 12.3 Å². The molecule has 0 aliphatic carbocycles. The summed E-state index contributed by atoms with van der Waals surface area (Å²) in [5.41, 5.74) is -0.750. The summed E-state index contributed by atoms with van der Waals surface area (Å²) in [6.45, 7) is 5.81. The summed E-state index contributed by atoms with van der Waals surface area (Å²) >= 11 is 1.42. The van der Waals surface area contributed by atoms with E-state index in [1.807, 2.05) is 13.8 Å². The number of aryl methyl sites for hydroxylation is 1. The van der Waals surface area contributed by atoms with Crippen LogP contribution < -0.4 is 5.32 Å². The predicted octanol–water partition coefficient (Wildman–Crippen LogP) is 1.76. The lowest BCUT2D eigenvalue weighted by atomic mass is 9.88. The molecule has 0 fully saturated rings. The number of carboxylic acid groups (broad SMARTS) is 1. The minimum absolute atomic E-state index is 0.369. The maximum Gasteiger partial charge on any atom is 0.311 e. The lowest BCUT2D eigenvalue weighted by Crippen LogP contribution is -2.34. The van der Waals surface area contributed by atoms with E-state index in [1.54, 1.807) is 6.92 Å². The van der Waals surface area contributed by atoms with Gasteiger partial charge in [-0.05, 0) is 20.3 Å². The molecule has 0 bridgehead atoms. The van der Waals surface area contributed by atoms with Crippen LogP contribution in [0.15, 0.2) is 0 Å². The van der Waals surface area contributed by atoms with Crippen molar-refractivity contribution in [2.75, 3.05) is 11.9 Å². The van der Waals surface area contributed by atoms with Crippen molar-refractivity contribution in [3.05, 3.63) is 5.01 Å². The third kappa shape index (κ3) is 2.89. The van der Waals surface area contributed by atoms with Gasteiger partial charge in [0.2, 0.25) is 5.13 Å². The van der Waals surface area contributed by atoms with E-state index in [2.05, 4.69) is 15.5 Å². The second-order valence-corrected chi connectivity index (χ2v) is 4.88. The van der Waals surface area contributed by atoms with E-state index in [9.17, 15) is 4.79 Å². The van der Waals surface area contributed by atoms with Crippen LogP contribution in [0.25, 0.3) is 0 Å². The highest BCUT2D eigenvalue weighted by molar-refractivity contribution is 7.15. The summed E-state index contributed by atoms with van der Waals surface area (Å²) < 4.78 is 0. The molecule has 0 aliphatic rings. The quantitative estimate of drug-likeness (QED) is 0.804. The minimum atomic E-state index is -0.793. The van der Waals surface area contributed by atoms with Crippen LogP contribution in [0.2, 0.25) is 0 Å². The SMILES string of the molecule is CCC(C)(CNc1nnc(C)s1)C(=O)O. The van der Waals surface area contributed by atoms with Gasteiger partial charge in [0.15, 0.2) is 0 Å². The van der Waals surface area contributed by atoms with E-state index < -0.39 is 11.4 Å². The molecule has 84 valence electrons. The van der Waals surface area contributed by atoms with Crippen molar-refractivity contribution in [1.29, 1.82) is 0 Å². The highest BCUT2D eigenvalue weighted by Gasteiger charge is 2.31. The largest absolute Gasteiger partial charge is 0.481 e. The summed E-state index contributed by atoms with van der Waals surface area (Å²) in [7, 11) is 0. The standard InChI is InChI=1S/C9H15N3O2S/c1-4-9(3,7(13)14)5-10-8-12-11-6(2)15-8/h4-5H2,1-3H3,(H,10,12)(H,13,14). The van der Waals surface area contributed by atoms with Crippen LogP contribution in [0.1, 0.15) is 25.3 Å². The molecule has 0 radical (unpaired) electrons. The van der Waals surface area contributed by atoms with Crippen LogP contribution >= 0.6 is 11.3 Å². The van der Waals surface area contributed by atoms with Gasteiger partial charge in [-0.25, -0.2) is 0 Å². The van der Waals surface area contributed by atoms with Crippen molar-refractivity contribution >= 4 is 22.4 Å². The van der Waals surface area contributed by atoms with Crippen LogP contribution in [-0.2, 0) is 4.79 Å². The number of nitrogens with one attached hydrogen (secondary N) is 1. The first-order chi connectivity index (χ1) is 6.98. The van der Waals surface area contributed by atoms with Crippen molar-refractivity contribution in [3.8, 4) is 0 Å². The van der Waals surface area contributed by atoms with E-state index in [1.165, 1.54) is 11.3 Å². The van der Waals surface area contributed by atoms with Gasteiger partial charge >= 0.3 is 5.97 Å². The van der Waals surface area contributed by atoms with Crippen molar-refractivity contribution in [2.45, 2.75) is 27.2 Å². The molecule has 0 saturated heterocycles. The van der Waals surface area contributed by atoms with Gasteiger partial charge in [-0.15, -0.1) is 10.2 Å². The molecule has 0 spiro atoms. The molecule has 0 aliphatic heterocycles. The Morgan fingerprint density at radius 3 is 2.67 bits per heavy atom. The number of aromatic nitrogens is 2. The van der Waals surface area contributed by atoms with Crippen molar-refractivity contribution in [3.63, 3.8) is 0 Å². The molecule has 0 amide bonds. The summed E-state index contributed by atoms with van der Waals surface area (Å²) in [5.74, 6) is -0.793. The second-order valence-electron chi connectivity index (χ2n) is 3.70. The number of nitrogens with zero attached hydrogens (tertiary/aromatic N) is 2. The Labute approximate surface area is 92.5 Å². The monoisotopic (exact) mass is 229 g/mol. The molecule has 1 rings (SSSR count). The molecule has 5 nitrogen and oxygen atoms in total. The fourth-order valence-electron chi connectivity index (χ4n) is 0.991. The second kappa shape index (κ2) is 4.57. The van der Waals surface area contributed by atoms with Gasteiger partial charge in [0.1, 0.15) is 5.01 Å². The maximum atomic E-state index is 11.0. The molecular weight excluding hydrogens is 214 g/mol. The highest BCUT2D eigenvalue weighted by Crippen LogP contribution is 2.23. The van der Waals surface area contributed by atoms with Gasteiger partial charge in [0, 0.05) is 6.54 Å². The lowest BCUT2D eigenvalue weighted by Gasteiger charge is -2.22. The third-order valence-electron chi connectivity index (χ3n) is 2.45. The molecule has 1 aromatic heterocycles. The Morgan fingerprint density at radius 2 is 2.27 bits per heavy atom. The molecular formula is C9H15N3O2S. The van der Waals surface area contributed by atoms with Crippen LogP contribution in [0.5, 0.6) is 0 Å². The molecule has 15 heavy (non-hydrogen) atoms. The molecule has 6 heteroatoms. The van der Waals surface area contributed by atoms with Crippen molar-refractivity contribution in [2.24, 2.45) is 5.41 Å². The number of carbonyl (C=O) groups is 1. The fourth-order valence-corrected chi connectivity index (χ4v) is 1.58. The molecule has 1 atom stereocenters.